The average molecular weight is 453 g/mol. The fourth-order valence-corrected chi connectivity index (χ4v) is 4.66. The van der Waals surface area contributed by atoms with Crippen molar-refractivity contribution in [1.82, 2.24) is 14.5 Å². The summed E-state index contributed by atoms with van der Waals surface area (Å²) in [5, 5.41) is 13.2. The Morgan fingerprint density at radius 2 is 2.27 bits per heavy atom. The van der Waals surface area contributed by atoms with E-state index in [1.54, 1.807) is 13.1 Å². The molecule has 0 radical (unpaired) electrons. The molecule has 9 nitrogen and oxygen atoms in total. The Kier molecular flexibility index (Phi) is 5.77. The zero-order valence-electron chi connectivity index (χ0n) is 18.8. The molecule has 2 atom stereocenters. The lowest BCUT2D eigenvalue weighted by atomic mass is 9.89. The highest BCUT2D eigenvalue weighted by atomic mass is 16.6. The number of aromatic nitrogens is 3. The van der Waals surface area contributed by atoms with Crippen molar-refractivity contribution in [3.8, 4) is 17.0 Å². The Morgan fingerprint density at radius 1 is 1.39 bits per heavy atom. The second-order valence-corrected chi connectivity index (χ2v) is 8.72. The molecule has 0 bridgehead atoms. The van der Waals surface area contributed by atoms with Crippen LogP contribution in [0.5, 0.6) is 5.75 Å². The second kappa shape index (κ2) is 8.74. The molecule has 174 valence electrons. The molecule has 0 saturated carbocycles. The van der Waals surface area contributed by atoms with Crippen LogP contribution in [-0.2, 0) is 33.3 Å². The molecule has 5 rings (SSSR count). The van der Waals surface area contributed by atoms with E-state index in [0.717, 1.165) is 45.6 Å². The quantitative estimate of drug-likeness (QED) is 0.531. The van der Waals surface area contributed by atoms with Gasteiger partial charge >= 0.3 is 0 Å². The van der Waals surface area contributed by atoms with Crippen LogP contribution in [0.2, 0.25) is 0 Å². The molecule has 2 aliphatic heterocycles. The lowest BCUT2D eigenvalue weighted by Crippen LogP contribution is -2.37. The van der Waals surface area contributed by atoms with Gasteiger partial charge in [-0.2, -0.15) is 0 Å². The minimum absolute atomic E-state index is 0.408. The summed E-state index contributed by atoms with van der Waals surface area (Å²) in [6, 6.07) is 3.82. The van der Waals surface area contributed by atoms with E-state index in [1.807, 2.05) is 29.9 Å². The van der Waals surface area contributed by atoms with E-state index >= 15 is 0 Å². The van der Waals surface area contributed by atoms with Gasteiger partial charge in [-0.15, -0.1) is 0 Å². The predicted molar refractivity (Wildman–Crippen MR) is 122 cm³/mol. The largest absolute Gasteiger partial charge is 0.493 e. The van der Waals surface area contributed by atoms with Crippen LogP contribution in [0.25, 0.3) is 22.2 Å². The summed E-state index contributed by atoms with van der Waals surface area (Å²) in [5.41, 5.74) is 3.94. The summed E-state index contributed by atoms with van der Waals surface area (Å²) in [7, 11) is 1.95. The van der Waals surface area contributed by atoms with Crippen molar-refractivity contribution in [2.75, 3.05) is 31.7 Å². The van der Waals surface area contributed by atoms with Gasteiger partial charge in [-0.05, 0) is 13.0 Å². The Labute approximate surface area is 191 Å². The highest BCUT2D eigenvalue weighted by Gasteiger charge is 2.44. The lowest BCUT2D eigenvalue weighted by molar-refractivity contribution is -0.105. The molecule has 33 heavy (non-hydrogen) atoms. The van der Waals surface area contributed by atoms with Gasteiger partial charge in [-0.3, -0.25) is 4.79 Å². The standard InChI is InChI=1S/C24H28N4O5/c1-15(30)3-6-32-21-10-19(27-23-16(21)4-7-33-24(23)5-8-31-13-24)18-12-28(2)20-11-25-22(26-14-29)9-17(18)20/h9-12,14-15,30H,3-8,13H2,1-2H3,(H,25,26,29). The summed E-state index contributed by atoms with van der Waals surface area (Å²) < 4.78 is 20.1. The third-order valence-electron chi connectivity index (χ3n) is 6.38. The number of rotatable bonds is 7. The molecule has 9 heteroatoms. The Bertz CT molecular complexity index is 1180. The van der Waals surface area contributed by atoms with Gasteiger partial charge in [0.05, 0.1) is 49.0 Å². The van der Waals surface area contributed by atoms with Crippen LogP contribution in [-0.4, -0.2) is 58.6 Å². The van der Waals surface area contributed by atoms with Gasteiger partial charge in [0.2, 0.25) is 6.41 Å². The molecule has 2 aliphatic rings. The number of aryl methyl sites for hydroxylation is 1. The topological polar surface area (TPSA) is 108 Å². The van der Waals surface area contributed by atoms with Crippen molar-refractivity contribution >= 4 is 23.1 Å². The minimum atomic E-state index is -0.567. The van der Waals surface area contributed by atoms with Gasteiger partial charge in [0.15, 0.2) is 0 Å². The number of pyridine rings is 2. The molecule has 2 N–H and O–H groups in total. The van der Waals surface area contributed by atoms with Crippen molar-refractivity contribution in [2.24, 2.45) is 7.05 Å². The van der Waals surface area contributed by atoms with E-state index in [9.17, 15) is 9.90 Å². The van der Waals surface area contributed by atoms with Gasteiger partial charge in [-0.25, -0.2) is 9.97 Å². The highest BCUT2D eigenvalue weighted by molar-refractivity contribution is 5.97. The number of aliphatic hydroxyl groups is 1. The molecular weight excluding hydrogens is 424 g/mol. The number of nitrogens with one attached hydrogen (secondary N) is 1. The molecule has 0 aliphatic carbocycles. The number of anilines is 1. The molecule has 0 aromatic carbocycles. The number of amides is 1. The predicted octanol–water partition coefficient (Wildman–Crippen LogP) is 2.54. The SMILES string of the molecule is CC(O)CCOc1cc(-c2cn(C)c3cnc(NC=O)cc23)nc2c1CCOC21CCOC1. The molecule has 1 saturated heterocycles. The van der Waals surface area contributed by atoms with Gasteiger partial charge in [0.25, 0.3) is 0 Å². The van der Waals surface area contributed by atoms with Gasteiger partial charge in [0, 0.05) is 61.7 Å². The number of ether oxygens (including phenoxy) is 3. The Morgan fingerprint density at radius 3 is 3.03 bits per heavy atom. The molecule has 3 aromatic rings. The first kappa shape index (κ1) is 21.8. The monoisotopic (exact) mass is 452 g/mol. The first-order valence-electron chi connectivity index (χ1n) is 11.2. The lowest BCUT2D eigenvalue weighted by Gasteiger charge is -2.34. The van der Waals surface area contributed by atoms with Gasteiger partial charge in [-0.1, -0.05) is 0 Å². The normalized spacial score (nSPS) is 20.7. The van der Waals surface area contributed by atoms with E-state index < -0.39 is 11.7 Å². The van der Waals surface area contributed by atoms with Gasteiger partial charge < -0.3 is 29.2 Å². The van der Waals surface area contributed by atoms with E-state index in [2.05, 4.69) is 10.3 Å². The zero-order chi connectivity index (χ0) is 23.0. The van der Waals surface area contributed by atoms with Crippen molar-refractivity contribution in [3.63, 3.8) is 0 Å². The molecule has 2 unspecified atom stereocenters. The van der Waals surface area contributed by atoms with E-state index in [-0.39, 0.29) is 0 Å². The van der Waals surface area contributed by atoms with E-state index in [4.69, 9.17) is 19.2 Å². The first-order chi connectivity index (χ1) is 16.0. The summed E-state index contributed by atoms with van der Waals surface area (Å²) in [6.07, 6.45) is 5.92. The molecular formula is C24H28N4O5. The number of carbonyl (C=O) groups excluding carboxylic acids is 1. The maximum absolute atomic E-state index is 10.9. The summed E-state index contributed by atoms with van der Waals surface area (Å²) >= 11 is 0. The summed E-state index contributed by atoms with van der Waals surface area (Å²) in [6.45, 7) is 3.85. The van der Waals surface area contributed by atoms with Crippen LogP contribution < -0.4 is 10.1 Å². The molecule has 1 spiro atoms. The van der Waals surface area contributed by atoms with Crippen LogP contribution in [0, 0.1) is 0 Å². The number of carbonyl (C=O) groups is 1. The maximum Gasteiger partial charge on any atom is 0.212 e. The van der Waals surface area contributed by atoms with E-state index in [0.29, 0.717) is 51.5 Å². The average Bonchev–Trinajstić information content (AvgIpc) is 3.39. The second-order valence-electron chi connectivity index (χ2n) is 8.72. The number of nitrogens with zero attached hydrogens (tertiary/aromatic N) is 3. The minimum Gasteiger partial charge on any atom is -0.493 e. The van der Waals surface area contributed by atoms with Crippen LogP contribution in [0.1, 0.15) is 31.0 Å². The number of fused-ring (bicyclic) bond motifs is 3. The maximum atomic E-state index is 10.9. The fourth-order valence-electron chi connectivity index (χ4n) is 4.66. The van der Waals surface area contributed by atoms with Crippen LogP contribution in [0.3, 0.4) is 0 Å². The summed E-state index contributed by atoms with van der Waals surface area (Å²) in [5.74, 6) is 1.24. The Balaban J connectivity index is 1.66. The zero-order valence-corrected chi connectivity index (χ0v) is 18.8. The smallest absolute Gasteiger partial charge is 0.212 e. The van der Waals surface area contributed by atoms with Crippen molar-refractivity contribution in [2.45, 2.75) is 37.9 Å². The Hall–Kier alpha value is -3.01. The fraction of sp³-hybridized carbons (Fsp3) is 0.458. The van der Waals surface area contributed by atoms with Crippen LogP contribution in [0.15, 0.2) is 24.5 Å². The first-order valence-corrected chi connectivity index (χ1v) is 11.2. The third-order valence-corrected chi connectivity index (χ3v) is 6.38. The third kappa shape index (κ3) is 3.96. The van der Waals surface area contributed by atoms with Crippen molar-refractivity contribution < 1.29 is 24.1 Å². The molecule has 3 aromatic heterocycles. The molecule has 1 amide bonds. The van der Waals surface area contributed by atoms with E-state index in [1.165, 1.54) is 0 Å². The van der Waals surface area contributed by atoms with Crippen LogP contribution >= 0.6 is 0 Å². The number of hydrogen-bond acceptors (Lipinski definition) is 7. The number of aliphatic hydroxyl groups excluding tert-OH is 1. The number of hydrogen-bond donors (Lipinski definition) is 2. The van der Waals surface area contributed by atoms with Crippen molar-refractivity contribution in [1.29, 1.82) is 0 Å². The molecule has 5 heterocycles. The van der Waals surface area contributed by atoms with Crippen LogP contribution in [0.4, 0.5) is 5.82 Å². The van der Waals surface area contributed by atoms with Gasteiger partial charge in [0.1, 0.15) is 17.2 Å². The van der Waals surface area contributed by atoms with Crippen molar-refractivity contribution in [3.05, 3.63) is 35.8 Å². The highest BCUT2D eigenvalue weighted by Crippen LogP contribution is 2.44. The summed E-state index contributed by atoms with van der Waals surface area (Å²) in [4.78, 5) is 20.3. The molecule has 1 fully saturated rings.